The minimum atomic E-state index is -0.472. The first kappa shape index (κ1) is 13.9. The predicted molar refractivity (Wildman–Crippen MR) is 64.6 cm³/mol. The zero-order valence-corrected chi connectivity index (χ0v) is 10.3. The lowest BCUT2D eigenvalue weighted by Crippen LogP contribution is -2.28. The highest BCUT2D eigenvalue weighted by molar-refractivity contribution is 6.33. The van der Waals surface area contributed by atoms with Crippen LogP contribution in [0.2, 0.25) is 5.02 Å². The van der Waals surface area contributed by atoms with E-state index in [0.29, 0.717) is 13.0 Å². The van der Waals surface area contributed by atoms with Crippen LogP contribution in [-0.2, 0) is 0 Å². The van der Waals surface area contributed by atoms with Crippen LogP contribution in [0.25, 0.3) is 0 Å². The summed E-state index contributed by atoms with van der Waals surface area (Å²) in [6, 6.07) is 3.65. The molecule has 1 unspecified atom stereocenters. The van der Waals surface area contributed by atoms with Gasteiger partial charge in [0.15, 0.2) is 0 Å². The Hall–Kier alpha value is -1.13. The standard InChI is InChI=1S/C12H15ClFNO2/c1-8(4-5-16)7-15-12(17)10-3-2-9(14)6-11(10)13/h2-3,6,8,16H,4-5,7H2,1H3,(H,15,17). The maximum absolute atomic E-state index is 12.8. The summed E-state index contributed by atoms with van der Waals surface area (Å²) in [4.78, 5) is 11.7. The van der Waals surface area contributed by atoms with Gasteiger partial charge >= 0.3 is 0 Å². The molecule has 3 nitrogen and oxygen atoms in total. The second-order valence-corrected chi connectivity index (χ2v) is 4.36. The lowest BCUT2D eigenvalue weighted by molar-refractivity contribution is 0.0945. The predicted octanol–water partition coefficient (Wildman–Crippen LogP) is 2.23. The Kier molecular flexibility index (Phi) is 5.38. The largest absolute Gasteiger partial charge is 0.396 e. The summed E-state index contributed by atoms with van der Waals surface area (Å²) in [5.74, 6) is -0.622. The molecule has 0 bridgehead atoms. The van der Waals surface area contributed by atoms with Crippen LogP contribution < -0.4 is 5.32 Å². The molecule has 0 aliphatic carbocycles. The molecular formula is C12H15ClFNO2. The van der Waals surface area contributed by atoms with Gasteiger partial charge in [-0.15, -0.1) is 0 Å². The minimum absolute atomic E-state index is 0.0916. The van der Waals surface area contributed by atoms with E-state index in [9.17, 15) is 9.18 Å². The highest BCUT2D eigenvalue weighted by atomic mass is 35.5. The summed E-state index contributed by atoms with van der Waals surface area (Å²) in [7, 11) is 0. The molecule has 94 valence electrons. The second kappa shape index (κ2) is 6.57. The minimum Gasteiger partial charge on any atom is -0.396 e. The number of aliphatic hydroxyl groups excluding tert-OH is 1. The molecule has 1 atom stereocenters. The van der Waals surface area contributed by atoms with E-state index in [0.717, 1.165) is 6.07 Å². The third-order valence-corrected chi connectivity index (χ3v) is 2.72. The van der Waals surface area contributed by atoms with Gasteiger partial charge in [0.2, 0.25) is 0 Å². The van der Waals surface area contributed by atoms with E-state index < -0.39 is 5.82 Å². The SMILES string of the molecule is CC(CCO)CNC(=O)c1ccc(F)cc1Cl. The van der Waals surface area contributed by atoms with E-state index in [4.69, 9.17) is 16.7 Å². The van der Waals surface area contributed by atoms with Crippen molar-refractivity contribution in [3.63, 3.8) is 0 Å². The summed E-state index contributed by atoms with van der Waals surface area (Å²) < 4.78 is 12.8. The molecule has 0 spiro atoms. The molecule has 0 aromatic heterocycles. The molecule has 0 fully saturated rings. The van der Waals surface area contributed by atoms with Gasteiger partial charge in [0.1, 0.15) is 5.82 Å². The van der Waals surface area contributed by atoms with Crippen molar-refractivity contribution in [2.75, 3.05) is 13.2 Å². The molecule has 0 saturated heterocycles. The smallest absolute Gasteiger partial charge is 0.252 e. The van der Waals surface area contributed by atoms with Gasteiger partial charge < -0.3 is 10.4 Å². The van der Waals surface area contributed by atoms with E-state index in [-0.39, 0.29) is 29.0 Å². The first-order chi connectivity index (χ1) is 8.04. The molecule has 0 aliphatic heterocycles. The number of hydrogen-bond acceptors (Lipinski definition) is 2. The van der Waals surface area contributed by atoms with Gasteiger partial charge in [0, 0.05) is 13.2 Å². The van der Waals surface area contributed by atoms with Crippen LogP contribution in [0.1, 0.15) is 23.7 Å². The molecule has 5 heteroatoms. The molecule has 1 amide bonds. The number of benzene rings is 1. The molecule has 1 aromatic rings. The van der Waals surface area contributed by atoms with Crippen LogP contribution >= 0.6 is 11.6 Å². The average molecular weight is 260 g/mol. The Morgan fingerprint density at radius 2 is 2.29 bits per heavy atom. The van der Waals surface area contributed by atoms with E-state index in [1.165, 1.54) is 12.1 Å². The number of nitrogens with one attached hydrogen (secondary N) is 1. The van der Waals surface area contributed by atoms with E-state index >= 15 is 0 Å². The summed E-state index contributed by atoms with van der Waals surface area (Å²) in [5, 5.41) is 11.5. The molecule has 0 heterocycles. The molecular weight excluding hydrogens is 245 g/mol. The zero-order valence-electron chi connectivity index (χ0n) is 9.54. The molecule has 1 rings (SSSR count). The van der Waals surface area contributed by atoms with Crippen LogP contribution in [0.5, 0.6) is 0 Å². The number of carbonyl (C=O) groups excluding carboxylic acids is 1. The maximum atomic E-state index is 12.8. The van der Waals surface area contributed by atoms with Gasteiger partial charge in [-0.2, -0.15) is 0 Å². The van der Waals surface area contributed by atoms with Crippen molar-refractivity contribution < 1.29 is 14.3 Å². The Bertz CT molecular complexity index is 398. The van der Waals surface area contributed by atoms with E-state index in [1.807, 2.05) is 6.92 Å². The van der Waals surface area contributed by atoms with Crippen LogP contribution in [-0.4, -0.2) is 24.2 Å². The molecule has 0 radical (unpaired) electrons. The third-order valence-electron chi connectivity index (χ3n) is 2.41. The van der Waals surface area contributed by atoms with Gasteiger partial charge in [0.05, 0.1) is 10.6 Å². The Labute approximate surface area is 105 Å². The van der Waals surface area contributed by atoms with Gasteiger partial charge in [-0.3, -0.25) is 4.79 Å². The number of aliphatic hydroxyl groups is 1. The van der Waals surface area contributed by atoms with Crippen LogP contribution in [0.15, 0.2) is 18.2 Å². The van der Waals surface area contributed by atoms with Crippen molar-refractivity contribution in [2.24, 2.45) is 5.92 Å². The first-order valence-corrected chi connectivity index (χ1v) is 5.76. The number of carbonyl (C=O) groups is 1. The molecule has 17 heavy (non-hydrogen) atoms. The van der Waals surface area contributed by atoms with Gasteiger partial charge in [-0.05, 0) is 30.5 Å². The lowest BCUT2D eigenvalue weighted by Gasteiger charge is -2.11. The molecule has 0 aliphatic rings. The molecule has 0 saturated carbocycles. The monoisotopic (exact) mass is 259 g/mol. The van der Waals surface area contributed by atoms with Crippen LogP contribution in [0.3, 0.4) is 0 Å². The molecule has 2 N–H and O–H groups in total. The van der Waals surface area contributed by atoms with Crippen molar-refractivity contribution in [1.82, 2.24) is 5.32 Å². The summed E-state index contributed by atoms with van der Waals surface area (Å²) in [5.41, 5.74) is 0.254. The zero-order chi connectivity index (χ0) is 12.8. The van der Waals surface area contributed by atoms with Crippen molar-refractivity contribution in [3.8, 4) is 0 Å². The van der Waals surface area contributed by atoms with Gasteiger partial charge in [-0.1, -0.05) is 18.5 Å². The topological polar surface area (TPSA) is 49.3 Å². The lowest BCUT2D eigenvalue weighted by atomic mass is 10.1. The first-order valence-electron chi connectivity index (χ1n) is 5.38. The highest BCUT2D eigenvalue weighted by Gasteiger charge is 2.11. The number of rotatable bonds is 5. The third kappa shape index (κ3) is 4.32. The van der Waals surface area contributed by atoms with Crippen molar-refractivity contribution in [1.29, 1.82) is 0 Å². The fraction of sp³-hybridized carbons (Fsp3) is 0.417. The second-order valence-electron chi connectivity index (χ2n) is 3.95. The number of halogens is 2. The Morgan fingerprint density at radius 3 is 2.88 bits per heavy atom. The summed E-state index contributed by atoms with van der Waals surface area (Å²) in [6.07, 6.45) is 0.622. The number of amides is 1. The van der Waals surface area contributed by atoms with Crippen molar-refractivity contribution in [3.05, 3.63) is 34.6 Å². The fourth-order valence-corrected chi connectivity index (χ4v) is 1.61. The number of hydrogen-bond donors (Lipinski definition) is 2. The Morgan fingerprint density at radius 1 is 1.59 bits per heavy atom. The fourth-order valence-electron chi connectivity index (χ4n) is 1.36. The van der Waals surface area contributed by atoms with Crippen molar-refractivity contribution >= 4 is 17.5 Å². The van der Waals surface area contributed by atoms with E-state index in [2.05, 4.69) is 5.32 Å². The normalized spacial score (nSPS) is 12.2. The maximum Gasteiger partial charge on any atom is 0.252 e. The van der Waals surface area contributed by atoms with Crippen LogP contribution in [0, 0.1) is 11.7 Å². The average Bonchev–Trinajstić information content (AvgIpc) is 2.26. The van der Waals surface area contributed by atoms with Gasteiger partial charge in [0.25, 0.3) is 5.91 Å². The molecule has 1 aromatic carbocycles. The summed E-state index contributed by atoms with van der Waals surface area (Å²) >= 11 is 5.76. The van der Waals surface area contributed by atoms with Crippen molar-refractivity contribution in [2.45, 2.75) is 13.3 Å². The van der Waals surface area contributed by atoms with Crippen LogP contribution in [0.4, 0.5) is 4.39 Å². The highest BCUT2D eigenvalue weighted by Crippen LogP contribution is 2.17. The van der Waals surface area contributed by atoms with E-state index in [1.54, 1.807) is 0 Å². The Balaban J connectivity index is 2.58. The van der Waals surface area contributed by atoms with Gasteiger partial charge in [-0.25, -0.2) is 4.39 Å². The quantitative estimate of drug-likeness (QED) is 0.852. The summed E-state index contributed by atoms with van der Waals surface area (Å²) in [6.45, 7) is 2.46.